The largest absolute Gasteiger partial charge is 0.488 e. The van der Waals surface area contributed by atoms with E-state index in [1.807, 2.05) is 18.2 Å². The van der Waals surface area contributed by atoms with Crippen molar-refractivity contribution in [2.45, 2.75) is 32.8 Å². The van der Waals surface area contributed by atoms with Crippen LogP contribution in [0.3, 0.4) is 0 Å². The summed E-state index contributed by atoms with van der Waals surface area (Å²) in [6.45, 7) is 3.84. The van der Waals surface area contributed by atoms with Gasteiger partial charge >= 0.3 is 0 Å². The summed E-state index contributed by atoms with van der Waals surface area (Å²) in [5, 5.41) is 11.9. The van der Waals surface area contributed by atoms with E-state index in [1.165, 1.54) is 6.08 Å². The zero-order chi connectivity index (χ0) is 16.8. The molecule has 0 saturated heterocycles. The number of aliphatic hydroxyl groups is 1. The Morgan fingerprint density at radius 3 is 2.57 bits per heavy atom. The van der Waals surface area contributed by atoms with Crippen molar-refractivity contribution in [1.82, 2.24) is 4.90 Å². The first-order valence-electron chi connectivity index (χ1n) is 7.81. The normalized spacial score (nSPS) is 14.4. The summed E-state index contributed by atoms with van der Waals surface area (Å²) >= 11 is 0. The second-order valence-electron chi connectivity index (χ2n) is 5.25. The summed E-state index contributed by atoms with van der Waals surface area (Å²) in [4.78, 5) is 25.0. The van der Waals surface area contributed by atoms with Gasteiger partial charge < -0.3 is 15.2 Å². The molecule has 1 heterocycles. The lowest BCUT2D eigenvalue weighted by molar-refractivity contribution is -0.137. The Balaban J connectivity index is 2.16. The standard InChI is InChI=1S/C17H22N2O4/c1-3-12(4-2)23-15-8-6-5-7-13(15)18-14-11-16(21)19(9-10-20)17(14)22/h5-8,11-12,18,20H,3-4,9-10H2,1-2H3. The molecule has 0 radical (unpaired) electrons. The monoisotopic (exact) mass is 318 g/mol. The summed E-state index contributed by atoms with van der Waals surface area (Å²) < 4.78 is 5.95. The average molecular weight is 318 g/mol. The van der Waals surface area contributed by atoms with Crippen LogP contribution >= 0.6 is 0 Å². The number of para-hydroxylation sites is 2. The van der Waals surface area contributed by atoms with E-state index >= 15 is 0 Å². The summed E-state index contributed by atoms with van der Waals surface area (Å²) in [6, 6.07) is 7.31. The summed E-state index contributed by atoms with van der Waals surface area (Å²) in [6.07, 6.45) is 3.11. The molecule has 1 aromatic carbocycles. The lowest BCUT2D eigenvalue weighted by Crippen LogP contribution is -2.34. The van der Waals surface area contributed by atoms with Gasteiger partial charge in [-0.25, -0.2) is 0 Å². The van der Waals surface area contributed by atoms with Gasteiger partial charge in [-0.3, -0.25) is 14.5 Å². The fourth-order valence-corrected chi connectivity index (χ4v) is 2.36. The highest BCUT2D eigenvalue weighted by Gasteiger charge is 2.31. The molecule has 0 aliphatic carbocycles. The van der Waals surface area contributed by atoms with Crippen molar-refractivity contribution in [2.75, 3.05) is 18.5 Å². The molecule has 2 N–H and O–H groups in total. The predicted molar refractivity (Wildman–Crippen MR) is 87.0 cm³/mol. The molecule has 6 nitrogen and oxygen atoms in total. The van der Waals surface area contributed by atoms with Crippen LogP contribution < -0.4 is 10.1 Å². The van der Waals surface area contributed by atoms with E-state index < -0.39 is 11.8 Å². The number of carbonyl (C=O) groups excluding carboxylic acids is 2. The number of rotatable bonds is 8. The number of nitrogens with one attached hydrogen (secondary N) is 1. The number of hydrogen-bond donors (Lipinski definition) is 2. The molecular formula is C17H22N2O4. The molecule has 0 bridgehead atoms. The molecule has 1 aromatic rings. The Labute approximate surface area is 135 Å². The number of ether oxygens (including phenoxy) is 1. The van der Waals surface area contributed by atoms with E-state index in [1.54, 1.807) is 6.07 Å². The number of benzene rings is 1. The van der Waals surface area contributed by atoms with Gasteiger partial charge in [0.2, 0.25) is 0 Å². The van der Waals surface area contributed by atoms with E-state index in [2.05, 4.69) is 19.2 Å². The number of β-amino-alcohol motifs (C(OH)–C–C–N with tert-alkyl or cyclic N) is 1. The van der Waals surface area contributed by atoms with Gasteiger partial charge in [-0.2, -0.15) is 0 Å². The number of carbonyl (C=O) groups is 2. The SMILES string of the molecule is CCC(CC)Oc1ccccc1NC1=CC(=O)N(CCO)C1=O. The molecule has 0 unspecified atom stereocenters. The molecule has 23 heavy (non-hydrogen) atoms. The number of aliphatic hydroxyl groups excluding tert-OH is 1. The Bertz CT molecular complexity index is 608. The van der Waals surface area contributed by atoms with Gasteiger partial charge in [-0.05, 0) is 25.0 Å². The number of nitrogens with zero attached hydrogens (tertiary/aromatic N) is 1. The molecule has 0 atom stereocenters. The zero-order valence-corrected chi connectivity index (χ0v) is 13.4. The van der Waals surface area contributed by atoms with Crippen molar-refractivity contribution in [3.63, 3.8) is 0 Å². The van der Waals surface area contributed by atoms with Crippen LogP contribution in [0.1, 0.15) is 26.7 Å². The minimum Gasteiger partial charge on any atom is -0.488 e. The van der Waals surface area contributed by atoms with Crippen LogP contribution in [0.4, 0.5) is 5.69 Å². The zero-order valence-electron chi connectivity index (χ0n) is 13.4. The molecule has 0 fully saturated rings. The number of hydrogen-bond acceptors (Lipinski definition) is 5. The molecule has 124 valence electrons. The quantitative estimate of drug-likeness (QED) is 0.716. The molecule has 1 aliphatic rings. The van der Waals surface area contributed by atoms with Crippen molar-refractivity contribution in [3.05, 3.63) is 36.0 Å². The van der Waals surface area contributed by atoms with Gasteiger partial charge in [0.05, 0.1) is 24.9 Å². The second kappa shape index (κ2) is 7.78. The van der Waals surface area contributed by atoms with Crippen LogP contribution in [0.25, 0.3) is 0 Å². The first kappa shape index (κ1) is 17.0. The third-order valence-electron chi connectivity index (χ3n) is 3.69. The molecule has 0 aromatic heterocycles. The highest BCUT2D eigenvalue weighted by Crippen LogP contribution is 2.28. The van der Waals surface area contributed by atoms with Gasteiger partial charge in [-0.15, -0.1) is 0 Å². The maximum Gasteiger partial charge on any atom is 0.277 e. The van der Waals surface area contributed by atoms with Crippen LogP contribution in [0.5, 0.6) is 5.75 Å². The first-order chi connectivity index (χ1) is 11.1. The lowest BCUT2D eigenvalue weighted by Gasteiger charge is -2.19. The number of anilines is 1. The van der Waals surface area contributed by atoms with E-state index in [0.717, 1.165) is 17.7 Å². The summed E-state index contributed by atoms with van der Waals surface area (Å²) in [5.74, 6) is -0.228. The van der Waals surface area contributed by atoms with Crippen molar-refractivity contribution < 1.29 is 19.4 Å². The second-order valence-corrected chi connectivity index (χ2v) is 5.25. The predicted octanol–water partition coefficient (Wildman–Crippen LogP) is 1.91. The summed E-state index contributed by atoms with van der Waals surface area (Å²) in [5.41, 5.74) is 0.821. The Morgan fingerprint density at radius 2 is 1.91 bits per heavy atom. The van der Waals surface area contributed by atoms with Crippen molar-refractivity contribution >= 4 is 17.5 Å². The molecule has 2 rings (SSSR count). The number of amides is 2. The highest BCUT2D eigenvalue weighted by atomic mass is 16.5. The fourth-order valence-electron chi connectivity index (χ4n) is 2.36. The molecule has 0 saturated carbocycles. The maximum atomic E-state index is 12.2. The van der Waals surface area contributed by atoms with Gasteiger partial charge in [0.25, 0.3) is 11.8 Å². The topological polar surface area (TPSA) is 78.9 Å². The fraction of sp³-hybridized carbons (Fsp3) is 0.412. The van der Waals surface area contributed by atoms with Crippen LogP contribution in [0.15, 0.2) is 36.0 Å². The van der Waals surface area contributed by atoms with Crippen LogP contribution in [0, 0.1) is 0 Å². The van der Waals surface area contributed by atoms with Gasteiger partial charge in [0, 0.05) is 6.08 Å². The molecular weight excluding hydrogens is 296 g/mol. The lowest BCUT2D eigenvalue weighted by atomic mass is 10.2. The Kier molecular flexibility index (Phi) is 5.76. The van der Waals surface area contributed by atoms with Gasteiger partial charge in [0.1, 0.15) is 11.4 Å². The molecule has 2 amide bonds. The van der Waals surface area contributed by atoms with Crippen LogP contribution in [0.2, 0.25) is 0 Å². The van der Waals surface area contributed by atoms with E-state index in [4.69, 9.17) is 9.84 Å². The van der Waals surface area contributed by atoms with E-state index in [9.17, 15) is 9.59 Å². The van der Waals surface area contributed by atoms with Crippen molar-refractivity contribution in [2.24, 2.45) is 0 Å². The Hall–Kier alpha value is -2.34. The molecule has 0 spiro atoms. The van der Waals surface area contributed by atoms with Gasteiger partial charge in [0.15, 0.2) is 0 Å². The summed E-state index contributed by atoms with van der Waals surface area (Å²) in [7, 11) is 0. The molecule has 1 aliphatic heterocycles. The minimum atomic E-state index is -0.443. The smallest absolute Gasteiger partial charge is 0.277 e. The molecule has 6 heteroatoms. The van der Waals surface area contributed by atoms with Crippen LogP contribution in [-0.2, 0) is 9.59 Å². The van der Waals surface area contributed by atoms with Crippen molar-refractivity contribution in [1.29, 1.82) is 0 Å². The van der Waals surface area contributed by atoms with Gasteiger partial charge in [-0.1, -0.05) is 26.0 Å². The van der Waals surface area contributed by atoms with E-state index in [-0.39, 0.29) is 25.0 Å². The van der Waals surface area contributed by atoms with E-state index in [0.29, 0.717) is 11.4 Å². The Morgan fingerprint density at radius 1 is 1.22 bits per heavy atom. The van der Waals surface area contributed by atoms with Crippen LogP contribution in [-0.4, -0.2) is 41.1 Å². The average Bonchev–Trinajstić information content (AvgIpc) is 2.82. The third-order valence-corrected chi connectivity index (χ3v) is 3.69. The number of imide groups is 1. The minimum absolute atomic E-state index is 0.00869. The first-order valence-corrected chi connectivity index (χ1v) is 7.81. The third kappa shape index (κ3) is 3.90. The van der Waals surface area contributed by atoms with Crippen molar-refractivity contribution in [3.8, 4) is 5.75 Å². The highest BCUT2D eigenvalue weighted by molar-refractivity contribution is 6.17. The maximum absolute atomic E-state index is 12.2.